The zero-order valence-corrected chi connectivity index (χ0v) is 16.4. The van der Waals surface area contributed by atoms with Crippen molar-refractivity contribution >= 4 is 34.2 Å². The third kappa shape index (κ3) is 7.23. The molecule has 1 aromatic rings. The maximum Gasteiger partial charge on any atom is 0.223 e. The van der Waals surface area contributed by atoms with Crippen molar-refractivity contribution in [1.29, 1.82) is 0 Å². The fourth-order valence-electron chi connectivity index (χ4n) is 3.09. The molecule has 0 aromatic heterocycles. The van der Waals surface area contributed by atoms with Crippen LogP contribution in [0.3, 0.4) is 0 Å². The SMILES string of the molecule is CC(C)CC(Cc1cccc(Br)c1)C(=O)NC1CCNCC1.Cl. The van der Waals surface area contributed by atoms with Gasteiger partial charge in [0.25, 0.3) is 0 Å². The quantitative estimate of drug-likeness (QED) is 0.755. The number of amides is 1. The van der Waals surface area contributed by atoms with E-state index in [4.69, 9.17) is 0 Å². The Morgan fingerprint density at radius 3 is 2.65 bits per heavy atom. The average molecular weight is 404 g/mol. The fourth-order valence-corrected chi connectivity index (χ4v) is 3.53. The number of piperidine rings is 1. The van der Waals surface area contributed by atoms with Gasteiger partial charge in [0, 0.05) is 16.4 Å². The van der Waals surface area contributed by atoms with E-state index in [1.54, 1.807) is 0 Å². The van der Waals surface area contributed by atoms with Gasteiger partial charge < -0.3 is 10.6 Å². The molecule has 23 heavy (non-hydrogen) atoms. The summed E-state index contributed by atoms with van der Waals surface area (Å²) in [5, 5.41) is 6.61. The molecular weight excluding hydrogens is 376 g/mol. The molecule has 1 aliphatic rings. The highest BCUT2D eigenvalue weighted by molar-refractivity contribution is 9.10. The first kappa shape index (κ1) is 20.5. The lowest BCUT2D eigenvalue weighted by atomic mass is 9.89. The molecule has 2 N–H and O–H groups in total. The van der Waals surface area contributed by atoms with Crippen LogP contribution >= 0.6 is 28.3 Å². The molecule has 0 aliphatic carbocycles. The Hall–Kier alpha value is -0.580. The van der Waals surface area contributed by atoms with Crippen LogP contribution in [0, 0.1) is 11.8 Å². The summed E-state index contributed by atoms with van der Waals surface area (Å²) in [5.74, 6) is 0.806. The fraction of sp³-hybridized carbons (Fsp3) is 0.611. The van der Waals surface area contributed by atoms with E-state index in [0.717, 1.165) is 43.2 Å². The minimum atomic E-state index is 0. The molecule has 3 nitrogen and oxygen atoms in total. The van der Waals surface area contributed by atoms with E-state index < -0.39 is 0 Å². The van der Waals surface area contributed by atoms with Gasteiger partial charge in [0.1, 0.15) is 0 Å². The van der Waals surface area contributed by atoms with Crippen LogP contribution in [0.1, 0.15) is 38.7 Å². The molecule has 1 heterocycles. The molecule has 1 unspecified atom stereocenters. The molecule has 5 heteroatoms. The highest BCUT2D eigenvalue weighted by atomic mass is 79.9. The monoisotopic (exact) mass is 402 g/mol. The third-order valence-electron chi connectivity index (χ3n) is 4.18. The Morgan fingerprint density at radius 1 is 1.35 bits per heavy atom. The highest BCUT2D eigenvalue weighted by Crippen LogP contribution is 2.21. The molecule has 1 aliphatic heterocycles. The van der Waals surface area contributed by atoms with Gasteiger partial charge in [-0.15, -0.1) is 12.4 Å². The maximum absolute atomic E-state index is 12.7. The third-order valence-corrected chi connectivity index (χ3v) is 4.68. The molecule has 0 radical (unpaired) electrons. The van der Waals surface area contributed by atoms with Crippen molar-refractivity contribution in [2.75, 3.05) is 13.1 Å². The summed E-state index contributed by atoms with van der Waals surface area (Å²) in [6.07, 6.45) is 3.83. The highest BCUT2D eigenvalue weighted by Gasteiger charge is 2.23. The minimum Gasteiger partial charge on any atom is -0.353 e. The van der Waals surface area contributed by atoms with E-state index in [1.807, 2.05) is 12.1 Å². The van der Waals surface area contributed by atoms with Crippen LogP contribution in [0.5, 0.6) is 0 Å². The summed E-state index contributed by atoms with van der Waals surface area (Å²) < 4.78 is 1.08. The van der Waals surface area contributed by atoms with E-state index in [0.29, 0.717) is 12.0 Å². The van der Waals surface area contributed by atoms with Crippen LogP contribution in [0.4, 0.5) is 0 Å². The van der Waals surface area contributed by atoms with Gasteiger partial charge in [-0.25, -0.2) is 0 Å². The predicted molar refractivity (Wildman–Crippen MR) is 102 cm³/mol. The lowest BCUT2D eigenvalue weighted by Crippen LogP contribution is -2.45. The first-order valence-corrected chi connectivity index (χ1v) is 9.09. The Balaban J connectivity index is 0.00000264. The smallest absolute Gasteiger partial charge is 0.223 e. The van der Waals surface area contributed by atoms with Crippen molar-refractivity contribution in [3.8, 4) is 0 Å². The molecule has 2 rings (SSSR count). The average Bonchev–Trinajstić information content (AvgIpc) is 2.47. The maximum atomic E-state index is 12.7. The standard InChI is InChI=1S/C18H27BrN2O.ClH/c1-13(2)10-15(11-14-4-3-5-16(19)12-14)18(22)21-17-6-8-20-9-7-17;/h3-5,12-13,15,17,20H,6-11H2,1-2H3,(H,21,22);1H. The van der Waals surface area contributed by atoms with Crippen LogP contribution < -0.4 is 10.6 Å². The number of nitrogens with one attached hydrogen (secondary N) is 2. The van der Waals surface area contributed by atoms with E-state index in [2.05, 4.69) is 52.5 Å². The van der Waals surface area contributed by atoms with E-state index in [1.165, 1.54) is 5.56 Å². The molecule has 130 valence electrons. The summed E-state index contributed by atoms with van der Waals surface area (Å²) in [4.78, 5) is 12.7. The summed E-state index contributed by atoms with van der Waals surface area (Å²) >= 11 is 3.51. The van der Waals surface area contributed by atoms with Gasteiger partial charge in [-0.1, -0.05) is 41.9 Å². The van der Waals surface area contributed by atoms with Gasteiger partial charge in [-0.2, -0.15) is 0 Å². The lowest BCUT2D eigenvalue weighted by Gasteiger charge is -2.27. The summed E-state index contributed by atoms with van der Waals surface area (Å²) in [6, 6.07) is 8.62. The number of rotatable bonds is 6. The Morgan fingerprint density at radius 2 is 2.04 bits per heavy atom. The summed E-state index contributed by atoms with van der Waals surface area (Å²) in [7, 11) is 0. The van der Waals surface area contributed by atoms with Crippen molar-refractivity contribution in [3.05, 3.63) is 34.3 Å². The first-order valence-electron chi connectivity index (χ1n) is 8.30. The van der Waals surface area contributed by atoms with Crippen LogP contribution in [-0.2, 0) is 11.2 Å². The van der Waals surface area contributed by atoms with Crippen molar-refractivity contribution in [1.82, 2.24) is 10.6 Å². The predicted octanol–water partition coefficient (Wildman–Crippen LogP) is 3.94. The van der Waals surface area contributed by atoms with Crippen LogP contribution in [0.25, 0.3) is 0 Å². The minimum absolute atomic E-state index is 0. The molecule has 1 saturated heterocycles. The first-order chi connectivity index (χ1) is 10.5. The second kappa shape index (κ2) is 10.3. The molecule has 0 saturated carbocycles. The van der Waals surface area contributed by atoms with E-state index in [9.17, 15) is 4.79 Å². The topological polar surface area (TPSA) is 41.1 Å². The van der Waals surface area contributed by atoms with Crippen molar-refractivity contribution in [2.45, 2.75) is 45.6 Å². The zero-order chi connectivity index (χ0) is 15.9. The molecule has 0 spiro atoms. The zero-order valence-electron chi connectivity index (χ0n) is 14.0. The van der Waals surface area contributed by atoms with Crippen molar-refractivity contribution in [2.24, 2.45) is 11.8 Å². The van der Waals surface area contributed by atoms with Gasteiger partial charge in [0.2, 0.25) is 5.91 Å². The number of carbonyl (C=O) groups is 1. The number of halogens is 2. The largest absolute Gasteiger partial charge is 0.353 e. The van der Waals surface area contributed by atoms with Gasteiger partial charge in [-0.3, -0.25) is 4.79 Å². The van der Waals surface area contributed by atoms with Gasteiger partial charge >= 0.3 is 0 Å². The number of carbonyl (C=O) groups excluding carboxylic acids is 1. The Bertz CT molecular complexity index is 490. The second-order valence-electron chi connectivity index (χ2n) is 6.69. The number of hydrogen-bond donors (Lipinski definition) is 2. The van der Waals surface area contributed by atoms with Crippen molar-refractivity contribution < 1.29 is 4.79 Å². The van der Waals surface area contributed by atoms with Crippen LogP contribution in [-0.4, -0.2) is 25.0 Å². The summed E-state index contributed by atoms with van der Waals surface area (Å²) in [5.41, 5.74) is 1.22. The van der Waals surface area contributed by atoms with Crippen LogP contribution in [0.2, 0.25) is 0 Å². The summed E-state index contributed by atoms with van der Waals surface area (Å²) in [6.45, 7) is 6.38. The number of hydrogen-bond acceptors (Lipinski definition) is 2. The van der Waals surface area contributed by atoms with E-state index >= 15 is 0 Å². The molecule has 1 aromatic carbocycles. The molecule has 1 amide bonds. The van der Waals surface area contributed by atoms with Crippen molar-refractivity contribution in [3.63, 3.8) is 0 Å². The molecule has 1 fully saturated rings. The van der Waals surface area contributed by atoms with Gasteiger partial charge in [-0.05, 0) is 62.4 Å². The second-order valence-corrected chi connectivity index (χ2v) is 7.61. The number of benzene rings is 1. The van der Waals surface area contributed by atoms with E-state index in [-0.39, 0.29) is 24.2 Å². The lowest BCUT2D eigenvalue weighted by molar-refractivity contribution is -0.126. The van der Waals surface area contributed by atoms with Gasteiger partial charge in [0.15, 0.2) is 0 Å². The molecule has 1 atom stereocenters. The normalized spacial score (nSPS) is 16.7. The Labute approximate surface area is 154 Å². The van der Waals surface area contributed by atoms with Crippen LogP contribution in [0.15, 0.2) is 28.7 Å². The Kier molecular flexibility index (Phi) is 9.18. The molecule has 0 bridgehead atoms. The van der Waals surface area contributed by atoms with Gasteiger partial charge in [0.05, 0.1) is 0 Å². The molecular formula is C18H28BrClN2O.